The van der Waals surface area contributed by atoms with Crippen molar-refractivity contribution in [3.63, 3.8) is 0 Å². The number of piperidine rings is 1. The van der Waals surface area contributed by atoms with Crippen molar-refractivity contribution in [2.75, 3.05) is 18.4 Å². The third-order valence-electron chi connectivity index (χ3n) is 4.10. The van der Waals surface area contributed by atoms with E-state index in [2.05, 4.69) is 15.6 Å². The zero-order valence-electron chi connectivity index (χ0n) is 13.8. The van der Waals surface area contributed by atoms with Crippen LogP contribution in [0, 0.1) is 11.7 Å². The summed E-state index contributed by atoms with van der Waals surface area (Å²) in [7, 11) is 0. The molecule has 1 aliphatic rings. The predicted octanol–water partition coefficient (Wildman–Crippen LogP) is 1.92. The summed E-state index contributed by atoms with van der Waals surface area (Å²) in [5, 5.41) is 14.4. The van der Waals surface area contributed by atoms with Crippen LogP contribution in [0.4, 0.5) is 15.0 Å². The first kappa shape index (κ1) is 18.0. The van der Waals surface area contributed by atoms with Gasteiger partial charge < -0.3 is 20.6 Å². The van der Waals surface area contributed by atoms with Crippen LogP contribution in [0.15, 0.2) is 18.3 Å². The lowest BCUT2D eigenvalue weighted by Gasteiger charge is -2.35. The van der Waals surface area contributed by atoms with Crippen molar-refractivity contribution in [1.29, 1.82) is 0 Å². The number of rotatable bonds is 5. The number of pyridine rings is 1. The predicted molar refractivity (Wildman–Crippen MR) is 87.2 cm³/mol. The quantitative estimate of drug-likeness (QED) is 0.762. The second kappa shape index (κ2) is 7.94. The van der Waals surface area contributed by atoms with E-state index in [0.29, 0.717) is 18.9 Å². The number of carbonyl (C=O) groups excluding carboxylic acids is 1. The van der Waals surface area contributed by atoms with Gasteiger partial charge in [-0.15, -0.1) is 0 Å². The fraction of sp³-hybridized carbons (Fsp3) is 0.562. The van der Waals surface area contributed by atoms with Gasteiger partial charge in [0, 0.05) is 19.1 Å². The summed E-state index contributed by atoms with van der Waals surface area (Å²) in [6, 6.07) is 2.35. The molecule has 132 valence electrons. The van der Waals surface area contributed by atoms with E-state index in [0.717, 1.165) is 19.0 Å². The normalized spacial score (nSPS) is 16.8. The third kappa shape index (κ3) is 4.81. The average molecular weight is 338 g/mol. The van der Waals surface area contributed by atoms with E-state index in [-0.39, 0.29) is 23.7 Å². The number of anilines is 1. The monoisotopic (exact) mass is 338 g/mol. The molecule has 8 heteroatoms. The number of hydrogen-bond acceptors (Lipinski definition) is 4. The zero-order valence-corrected chi connectivity index (χ0v) is 13.8. The first-order chi connectivity index (χ1) is 11.4. The molecular formula is C16H23FN4O3. The molecule has 0 aliphatic carbocycles. The van der Waals surface area contributed by atoms with Gasteiger partial charge in [-0.3, -0.25) is 4.79 Å². The molecule has 1 atom stereocenters. The molecule has 0 bridgehead atoms. The van der Waals surface area contributed by atoms with Crippen LogP contribution >= 0.6 is 0 Å². The van der Waals surface area contributed by atoms with E-state index in [1.807, 2.05) is 13.8 Å². The summed E-state index contributed by atoms with van der Waals surface area (Å²) in [4.78, 5) is 29.0. The van der Waals surface area contributed by atoms with Crippen molar-refractivity contribution in [1.82, 2.24) is 15.2 Å². The highest BCUT2D eigenvalue weighted by Crippen LogP contribution is 2.17. The van der Waals surface area contributed by atoms with Gasteiger partial charge in [0.2, 0.25) is 5.91 Å². The Bertz CT molecular complexity index is 571. The minimum Gasteiger partial charge on any atom is -0.465 e. The minimum absolute atomic E-state index is 0.118. The van der Waals surface area contributed by atoms with Gasteiger partial charge in [-0.05, 0) is 30.9 Å². The van der Waals surface area contributed by atoms with Gasteiger partial charge >= 0.3 is 6.09 Å². The summed E-state index contributed by atoms with van der Waals surface area (Å²) in [5.74, 6) is -0.0842. The van der Waals surface area contributed by atoms with Crippen molar-refractivity contribution < 1.29 is 19.1 Å². The van der Waals surface area contributed by atoms with Gasteiger partial charge in [0.15, 0.2) is 0 Å². The molecule has 0 aromatic carbocycles. The van der Waals surface area contributed by atoms with Crippen LogP contribution < -0.4 is 10.6 Å². The summed E-state index contributed by atoms with van der Waals surface area (Å²) in [5.41, 5.74) is 0. The van der Waals surface area contributed by atoms with Gasteiger partial charge in [-0.2, -0.15) is 0 Å². The van der Waals surface area contributed by atoms with Crippen LogP contribution in [0.3, 0.4) is 0 Å². The molecule has 1 aromatic rings. The number of likely N-dealkylation sites (tertiary alicyclic amines) is 1. The highest BCUT2D eigenvalue weighted by atomic mass is 19.1. The highest BCUT2D eigenvalue weighted by Gasteiger charge is 2.31. The maximum Gasteiger partial charge on any atom is 0.405 e. The number of halogens is 1. The van der Waals surface area contributed by atoms with Gasteiger partial charge in [-0.1, -0.05) is 13.8 Å². The fourth-order valence-corrected chi connectivity index (χ4v) is 2.76. The standard InChI is InChI=1S/C16H23FN4O3/c1-10(2)14(20-16(23)24)15(22)21-7-5-12(6-8-21)19-13-4-3-11(17)9-18-13/h3-4,9-10,12,14,20H,5-8H2,1-2H3,(H,18,19)(H,23,24)/t14-/m0/s1. The molecule has 2 rings (SSSR count). The Morgan fingerprint density at radius 3 is 2.50 bits per heavy atom. The molecule has 3 N–H and O–H groups in total. The van der Waals surface area contributed by atoms with Gasteiger partial charge in [0.05, 0.1) is 6.20 Å². The molecule has 1 fully saturated rings. The number of carboxylic acid groups (broad SMARTS) is 1. The fourth-order valence-electron chi connectivity index (χ4n) is 2.76. The smallest absolute Gasteiger partial charge is 0.405 e. The van der Waals surface area contributed by atoms with Crippen molar-refractivity contribution in [3.8, 4) is 0 Å². The summed E-state index contributed by atoms with van der Waals surface area (Å²) >= 11 is 0. The Hall–Kier alpha value is -2.38. The van der Waals surface area contributed by atoms with Crippen LogP contribution in [0.5, 0.6) is 0 Å². The number of nitrogens with zero attached hydrogens (tertiary/aromatic N) is 2. The lowest BCUT2D eigenvalue weighted by atomic mass is 9.99. The van der Waals surface area contributed by atoms with Gasteiger partial charge in [-0.25, -0.2) is 14.2 Å². The van der Waals surface area contributed by atoms with Crippen LogP contribution in [-0.2, 0) is 4.79 Å². The van der Waals surface area contributed by atoms with E-state index in [1.165, 1.54) is 6.07 Å². The van der Waals surface area contributed by atoms with Crippen LogP contribution in [0.1, 0.15) is 26.7 Å². The lowest BCUT2D eigenvalue weighted by Crippen LogP contribution is -2.53. The molecule has 24 heavy (non-hydrogen) atoms. The van der Waals surface area contributed by atoms with Crippen LogP contribution in [0.25, 0.3) is 0 Å². The number of hydrogen-bond donors (Lipinski definition) is 3. The Labute approximate surface area is 140 Å². The topological polar surface area (TPSA) is 94.6 Å². The van der Waals surface area contributed by atoms with Crippen molar-refractivity contribution in [2.45, 2.75) is 38.8 Å². The molecule has 2 heterocycles. The number of aromatic nitrogens is 1. The van der Waals surface area contributed by atoms with Gasteiger partial charge in [0.25, 0.3) is 0 Å². The SMILES string of the molecule is CC(C)[C@H](NC(=O)O)C(=O)N1CCC(Nc2ccc(F)cn2)CC1. The average Bonchev–Trinajstić information content (AvgIpc) is 2.54. The molecule has 1 aliphatic heterocycles. The highest BCUT2D eigenvalue weighted by molar-refractivity contribution is 5.85. The Balaban J connectivity index is 1.87. The molecular weight excluding hydrogens is 315 g/mol. The maximum atomic E-state index is 12.9. The first-order valence-electron chi connectivity index (χ1n) is 8.03. The Morgan fingerprint density at radius 1 is 1.33 bits per heavy atom. The summed E-state index contributed by atoms with van der Waals surface area (Å²) < 4.78 is 12.9. The molecule has 0 spiro atoms. The van der Waals surface area contributed by atoms with Crippen LogP contribution in [0.2, 0.25) is 0 Å². The number of carbonyl (C=O) groups is 2. The van der Waals surface area contributed by atoms with Crippen molar-refractivity contribution >= 4 is 17.8 Å². The molecule has 0 radical (unpaired) electrons. The van der Waals surface area contributed by atoms with Crippen molar-refractivity contribution in [2.24, 2.45) is 5.92 Å². The van der Waals surface area contributed by atoms with E-state index < -0.39 is 12.1 Å². The Kier molecular flexibility index (Phi) is 5.94. The Morgan fingerprint density at radius 2 is 2.00 bits per heavy atom. The molecule has 1 aromatic heterocycles. The first-order valence-corrected chi connectivity index (χ1v) is 8.03. The number of nitrogens with one attached hydrogen (secondary N) is 2. The molecule has 1 saturated heterocycles. The number of amides is 2. The maximum absolute atomic E-state index is 12.9. The van der Waals surface area contributed by atoms with Crippen molar-refractivity contribution in [3.05, 3.63) is 24.1 Å². The molecule has 7 nitrogen and oxygen atoms in total. The summed E-state index contributed by atoms with van der Waals surface area (Å²) in [6.07, 6.45) is 1.41. The zero-order chi connectivity index (χ0) is 17.7. The molecule has 2 amide bonds. The largest absolute Gasteiger partial charge is 0.465 e. The van der Waals surface area contributed by atoms with Gasteiger partial charge in [0.1, 0.15) is 17.7 Å². The second-order valence-corrected chi connectivity index (χ2v) is 6.28. The lowest BCUT2D eigenvalue weighted by molar-refractivity contribution is -0.135. The van der Waals surface area contributed by atoms with E-state index in [1.54, 1.807) is 11.0 Å². The molecule has 0 unspecified atom stereocenters. The third-order valence-corrected chi connectivity index (χ3v) is 4.10. The second-order valence-electron chi connectivity index (χ2n) is 6.28. The van der Waals surface area contributed by atoms with Crippen LogP contribution in [-0.4, -0.2) is 52.2 Å². The van der Waals surface area contributed by atoms with E-state index in [9.17, 15) is 14.0 Å². The molecule has 0 saturated carbocycles. The minimum atomic E-state index is -1.19. The van der Waals surface area contributed by atoms with E-state index in [4.69, 9.17) is 5.11 Å². The summed E-state index contributed by atoms with van der Waals surface area (Å²) in [6.45, 7) is 4.71. The van der Waals surface area contributed by atoms with E-state index >= 15 is 0 Å².